The average Bonchev–Trinajstić information content (AvgIpc) is 2.68. The van der Waals surface area contributed by atoms with Gasteiger partial charge in [0.1, 0.15) is 9.79 Å². The normalized spacial score (nSPS) is 12.7. The maximum atomic E-state index is 12.2. The number of halogens is 2. The summed E-state index contributed by atoms with van der Waals surface area (Å²) in [5.74, 6) is -0.450. The largest absolute Gasteiger partial charge is 0.349 e. The lowest BCUT2D eigenvalue weighted by molar-refractivity contribution is 0.481. The topological polar surface area (TPSA) is 234 Å². The Bertz CT molecular complexity index is 1540. The predicted octanol–water partition coefficient (Wildman–Crippen LogP) is 3.76. The fraction of sp³-hybridized carbons (Fsp3) is 0.400. The summed E-state index contributed by atoms with van der Waals surface area (Å²) in [6.45, 7) is 11.0. The molecule has 0 aliphatic carbocycles. The van der Waals surface area contributed by atoms with E-state index in [4.69, 9.17) is 23.2 Å². The molecule has 2 heterocycles. The summed E-state index contributed by atoms with van der Waals surface area (Å²) in [5.41, 5.74) is -1.78. The molecule has 0 aliphatic heterocycles. The highest BCUT2D eigenvalue weighted by Gasteiger charge is 2.26. The van der Waals surface area contributed by atoms with Crippen LogP contribution in [0.4, 0.5) is 35.2 Å². The smallest absolute Gasteiger partial charge is 0.296 e. The highest BCUT2D eigenvalue weighted by molar-refractivity contribution is 7.86. The molecule has 2 aromatic heterocycles. The van der Waals surface area contributed by atoms with E-state index in [0.29, 0.717) is 6.07 Å². The van der Waals surface area contributed by atoms with Crippen LogP contribution in [0, 0.1) is 0 Å². The molecule has 1 aromatic carbocycles. The molecule has 0 aliphatic rings. The number of hydrogen-bond acceptors (Lipinski definition) is 14. The zero-order valence-electron chi connectivity index (χ0n) is 21.9. The molecule has 0 saturated carbocycles. The molecule has 218 valence electrons. The third-order valence-corrected chi connectivity index (χ3v) is 6.45. The van der Waals surface area contributed by atoms with Gasteiger partial charge in [0.05, 0.1) is 11.4 Å². The molecule has 0 radical (unpaired) electrons. The van der Waals surface area contributed by atoms with Gasteiger partial charge in [-0.05, 0) is 76.9 Å². The van der Waals surface area contributed by atoms with Crippen LogP contribution in [-0.4, -0.2) is 66.9 Å². The summed E-state index contributed by atoms with van der Waals surface area (Å²) in [5, 5.41) is 10.6. The van der Waals surface area contributed by atoms with E-state index in [9.17, 15) is 25.9 Å². The van der Waals surface area contributed by atoms with E-state index < -0.39 is 52.5 Å². The molecular weight excluding hydrogens is 611 g/mol. The minimum absolute atomic E-state index is 0.0371. The first-order valence-corrected chi connectivity index (χ1v) is 14.8. The zero-order valence-corrected chi connectivity index (χ0v) is 25.1. The Balaban J connectivity index is 2.18. The van der Waals surface area contributed by atoms with E-state index in [2.05, 4.69) is 51.2 Å². The van der Waals surface area contributed by atoms with Crippen LogP contribution in [0.2, 0.25) is 10.6 Å². The summed E-state index contributed by atoms with van der Waals surface area (Å²) < 4.78 is 68.5. The van der Waals surface area contributed by atoms with Gasteiger partial charge in [0.2, 0.25) is 34.4 Å². The Morgan fingerprint density at radius 3 is 1.23 bits per heavy atom. The van der Waals surface area contributed by atoms with Crippen molar-refractivity contribution in [1.82, 2.24) is 29.9 Å². The van der Waals surface area contributed by atoms with Gasteiger partial charge in [0, 0.05) is 11.1 Å². The van der Waals surface area contributed by atoms with Crippen LogP contribution in [0.25, 0.3) is 0 Å². The van der Waals surface area contributed by atoms with Gasteiger partial charge in [-0.15, -0.1) is 0 Å². The Labute approximate surface area is 240 Å². The van der Waals surface area contributed by atoms with Crippen molar-refractivity contribution in [3.05, 3.63) is 22.7 Å². The molecule has 0 spiro atoms. The molecule has 3 rings (SSSR count). The monoisotopic (exact) mass is 636 g/mol. The maximum Gasteiger partial charge on any atom is 0.296 e. The molecule has 6 N–H and O–H groups in total. The maximum absolute atomic E-state index is 12.2. The number of benzene rings is 1. The first-order valence-electron chi connectivity index (χ1n) is 11.2. The Morgan fingerprint density at radius 1 is 0.600 bits per heavy atom. The molecule has 3 aromatic rings. The van der Waals surface area contributed by atoms with Crippen LogP contribution in [0.15, 0.2) is 21.9 Å². The highest BCUT2D eigenvalue weighted by Crippen LogP contribution is 2.35. The summed E-state index contributed by atoms with van der Waals surface area (Å²) in [4.78, 5) is 22.1. The Morgan fingerprint density at radius 2 is 0.925 bits per heavy atom. The van der Waals surface area contributed by atoms with Crippen molar-refractivity contribution in [2.24, 2.45) is 0 Å². The van der Waals surface area contributed by atoms with E-state index >= 15 is 0 Å². The fourth-order valence-corrected chi connectivity index (χ4v) is 4.72. The van der Waals surface area contributed by atoms with Gasteiger partial charge in [0.25, 0.3) is 20.2 Å². The standard InChI is InChI=1S/C20H26Cl2N10O6S2/c1-19(2,3)31-17-27-13(21)25-15(29-17)23-9-7-10(12(40(36,37)38)8-11(9)39(33,34)35)24-16-26-14(22)28-18(30-16)32-20(4,5)6/h7-8H,1-6H3,(H,33,34,35)(H,36,37,38)(H2,23,25,27,29,31)(H2,24,26,28,30,32). The first kappa shape index (κ1) is 31.4. The van der Waals surface area contributed by atoms with Crippen molar-refractivity contribution >= 4 is 78.6 Å². The number of rotatable bonds is 8. The zero-order chi connectivity index (χ0) is 30.3. The molecule has 0 amide bonds. The van der Waals surface area contributed by atoms with Crippen LogP contribution < -0.4 is 21.3 Å². The Kier molecular flexibility index (Phi) is 8.64. The second kappa shape index (κ2) is 11.0. The van der Waals surface area contributed by atoms with Gasteiger partial charge in [0.15, 0.2) is 0 Å². The number of hydrogen-bond donors (Lipinski definition) is 6. The minimum atomic E-state index is -5.07. The van der Waals surface area contributed by atoms with E-state index in [1.807, 2.05) is 41.5 Å². The minimum Gasteiger partial charge on any atom is -0.349 e. The van der Waals surface area contributed by atoms with Crippen molar-refractivity contribution in [1.29, 1.82) is 0 Å². The number of aromatic nitrogens is 6. The van der Waals surface area contributed by atoms with E-state index in [1.165, 1.54) is 0 Å². The van der Waals surface area contributed by atoms with Gasteiger partial charge in [-0.25, -0.2) is 0 Å². The number of anilines is 6. The van der Waals surface area contributed by atoms with E-state index in [1.54, 1.807) is 0 Å². The quantitative estimate of drug-likeness (QED) is 0.193. The van der Waals surface area contributed by atoms with E-state index in [-0.39, 0.29) is 34.4 Å². The molecule has 0 fully saturated rings. The van der Waals surface area contributed by atoms with Crippen LogP contribution in [0.3, 0.4) is 0 Å². The lowest BCUT2D eigenvalue weighted by Gasteiger charge is -2.21. The highest BCUT2D eigenvalue weighted by atomic mass is 35.5. The molecule has 20 heteroatoms. The SMILES string of the molecule is CC(C)(C)Nc1nc(Cl)nc(Nc2cc(Nc3nc(Cl)nc(NC(C)(C)C)n3)c(S(=O)(=O)O)cc2S(=O)(=O)O)n1. The molecular formula is C20H26Cl2N10O6S2. The molecule has 0 bridgehead atoms. The van der Waals surface area contributed by atoms with E-state index in [0.717, 1.165) is 6.07 Å². The van der Waals surface area contributed by atoms with Crippen molar-refractivity contribution in [3.63, 3.8) is 0 Å². The third-order valence-electron chi connectivity index (χ3n) is 4.32. The van der Waals surface area contributed by atoms with Crippen molar-refractivity contribution < 1.29 is 25.9 Å². The number of nitrogens with one attached hydrogen (secondary N) is 4. The molecule has 0 atom stereocenters. The first-order chi connectivity index (χ1) is 18.1. The second-order valence-corrected chi connectivity index (χ2v) is 13.8. The van der Waals surface area contributed by atoms with Crippen LogP contribution in [-0.2, 0) is 20.2 Å². The summed E-state index contributed by atoms with van der Waals surface area (Å²) in [6.07, 6.45) is 0. The fourth-order valence-electron chi connectivity index (χ4n) is 3.02. The summed E-state index contributed by atoms with van der Waals surface area (Å²) >= 11 is 12.0. The molecule has 40 heavy (non-hydrogen) atoms. The van der Waals surface area contributed by atoms with Crippen LogP contribution >= 0.6 is 23.2 Å². The van der Waals surface area contributed by atoms with Crippen molar-refractivity contribution in [2.75, 3.05) is 21.3 Å². The lowest BCUT2D eigenvalue weighted by Crippen LogP contribution is -2.27. The van der Waals surface area contributed by atoms with Crippen molar-refractivity contribution in [3.8, 4) is 0 Å². The average molecular weight is 638 g/mol. The third kappa shape index (κ3) is 8.93. The van der Waals surface area contributed by atoms with Crippen LogP contribution in [0.1, 0.15) is 41.5 Å². The van der Waals surface area contributed by atoms with Gasteiger partial charge >= 0.3 is 0 Å². The number of nitrogens with zero attached hydrogens (tertiary/aromatic N) is 6. The summed E-state index contributed by atoms with van der Waals surface area (Å²) in [6, 6.07) is 1.46. The van der Waals surface area contributed by atoms with Crippen LogP contribution in [0.5, 0.6) is 0 Å². The second-order valence-electron chi connectivity index (χ2n) is 10.3. The molecule has 0 saturated heterocycles. The van der Waals surface area contributed by atoms with Gasteiger partial charge in [-0.1, -0.05) is 0 Å². The Hall–Kier alpha value is -3.16. The lowest BCUT2D eigenvalue weighted by atomic mass is 10.1. The van der Waals surface area contributed by atoms with Gasteiger partial charge < -0.3 is 21.3 Å². The molecule has 16 nitrogen and oxygen atoms in total. The summed E-state index contributed by atoms with van der Waals surface area (Å²) in [7, 11) is -10.1. The predicted molar refractivity (Wildman–Crippen MR) is 149 cm³/mol. The van der Waals surface area contributed by atoms with Crippen molar-refractivity contribution in [2.45, 2.75) is 62.4 Å². The van der Waals surface area contributed by atoms with Gasteiger partial charge in [-0.2, -0.15) is 46.7 Å². The van der Waals surface area contributed by atoms with Gasteiger partial charge in [-0.3, -0.25) is 9.11 Å². The molecule has 0 unspecified atom stereocenters.